The molecule has 4 aliphatic rings. The highest BCUT2D eigenvalue weighted by Gasteiger charge is 2.45. The summed E-state index contributed by atoms with van der Waals surface area (Å²) >= 11 is 6.53. The second-order valence-electron chi connectivity index (χ2n) is 19.4. The quantitative estimate of drug-likeness (QED) is 0.0785. The Labute approximate surface area is 424 Å². The van der Waals surface area contributed by atoms with Crippen LogP contribution in [0.4, 0.5) is 10.1 Å². The van der Waals surface area contributed by atoms with Crippen LogP contribution in [0.15, 0.2) is 96.8 Å². The van der Waals surface area contributed by atoms with Gasteiger partial charge in [-0.15, -0.1) is 0 Å². The molecule has 1 spiro atoms. The minimum absolute atomic E-state index is 0.138. The van der Waals surface area contributed by atoms with Gasteiger partial charge in [-0.1, -0.05) is 48.9 Å². The molecular weight excluding hydrogens is 949 g/mol. The van der Waals surface area contributed by atoms with Crippen LogP contribution in [-0.4, -0.2) is 128 Å². The molecule has 0 saturated carbocycles. The van der Waals surface area contributed by atoms with E-state index in [1.807, 2.05) is 73.7 Å². The number of carbonyl (C=O) groups is 1. The van der Waals surface area contributed by atoms with E-state index in [4.69, 9.17) is 44.8 Å². The van der Waals surface area contributed by atoms with Gasteiger partial charge in [0.1, 0.15) is 29.2 Å². The van der Waals surface area contributed by atoms with Gasteiger partial charge in [-0.25, -0.2) is 17.6 Å². The zero-order valence-electron chi connectivity index (χ0n) is 41.7. The number of hydrogen-bond acceptors (Lipinski definition) is 12. The van der Waals surface area contributed by atoms with E-state index in [2.05, 4.69) is 21.9 Å². The standard InChI is InChI=1S/C55H69ClFN3O10S/c1-38(39(2)71(62,63)60(33-40-9-15-46(64-3)16-10-40)34-41-11-17-47(65-4)18-12-41)8-20-49(57)53(69-30-26-58-24-28-67-29-25-58)52-44(22-27-68-52)35-59-36-55(23-6-7-42-31-45(56)14-19-48(42)55)37-70-51-21-13-43(32-50(51)59)54(61)66-5/h9-21,31-32,38-39,44,52-53H,6-8,22-30,33-37H2,1-5H3/b49-20-/t38-,39+,44-,52+,53?,55-/m0/s1. The number of allylic oxidation sites excluding steroid dienone is 1. The number of carbonyl (C=O) groups excluding carboxylic acids is 1. The molecule has 0 amide bonds. The molecule has 71 heavy (non-hydrogen) atoms. The fourth-order valence-corrected chi connectivity index (χ4v) is 12.6. The Morgan fingerprint density at radius 2 is 1.62 bits per heavy atom. The number of morpholine rings is 1. The van der Waals surface area contributed by atoms with E-state index in [9.17, 15) is 13.2 Å². The number of benzene rings is 4. The van der Waals surface area contributed by atoms with Crippen molar-refractivity contribution < 1.29 is 50.8 Å². The zero-order valence-corrected chi connectivity index (χ0v) is 43.2. The van der Waals surface area contributed by atoms with Crippen molar-refractivity contribution in [2.24, 2.45) is 11.8 Å². The second-order valence-corrected chi connectivity index (χ2v) is 22.2. The van der Waals surface area contributed by atoms with Crippen molar-refractivity contribution in [3.8, 4) is 17.2 Å². The van der Waals surface area contributed by atoms with Crippen LogP contribution >= 0.6 is 11.6 Å². The van der Waals surface area contributed by atoms with Gasteiger partial charge in [-0.2, -0.15) is 4.31 Å². The van der Waals surface area contributed by atoms with Crippen molar-refractivity contribution in [2.75, 3.05) is 92.0 Å². The minimum atomic E-state index is -3.94. The molecule has 1 aliphatic carbocycles. The van der Waals surface area contributed by atoms with E-state index in [0.29, 0.717) is 80.3 Å². The maximum atomic E-state index is 17.3. The SMILES string of the molecule is COC(=O)c1ccc2c(c1)N(C[C@@H]1CCO[C@H]1C(OCCN1CCOCC1)/C(F)=C/C[C@H](C)[C@@H](C)S(=O)(=O)N(Cc1ccc(OC)cc1)Cc1ccc(OC)cc1)C[C@@]1(CCCc3cc(Cl)ccc31)CO2. The average Bonchev–Trinajstić information content (AvgIpc) is 3.79. The fraction of sp³-hybridized carbons (Fsp3) is 0.509. The molecule has 0 radical (unpaired) electrons. The lowest BCUT2D eigenvalue weighted by atomic mass is 9.70. The average molecular weight is 1020 g/mol. The lowest BCUT2D eigenvalue weighted by Crippen LogP contribution is -2.48. The first-order chi connectivity index (χ1) is 34.3. The summed E-state index contributed by atoms with van der Waals surface area (Å²) in [4.78, 5) is 17.5. The number of aryl methyl sites for hydroxylation is 1. The Bertz CT molecular complexity index is 2510. The van der Waals surface area contributed by atoms with Crippen LogP contribution in [-0.2, 0) is 53.9 Å². The molecule has 3 aliphatic heterocycles. The molecule has 4 aromatic rings. The lowest BCUT2D eigenvalue weighted by molar-refractivity contribution is -0.0609. The molecule has 3 heterocycles. The van der Waals surface area contributed by atoms with Crippen LogP contribution in [0.5, 0.6) is 17.2 Å². The summed E-state index contributed by atoms with van der Waals surface area (Å²) in [7, 11) is 0.609. The Balaban J connectivity index is 1.06. The van der Waals surface area contributed by atoms with Crippen LogP contribution < -0.4 is 19.1 Å². The largest absolute Gasteiger partial charge is 0.497 e. The molecule has 8 rings (SSSR count). The van der Waals surface area contributed by atoms with Crippen molar-refractivity contribution in [3.63, 3.8) is 0 Å². The van der Waals surface area contributed by atoms with Gasteiger partial charge in [0.2, 0.25) is 10.0 Å². The number of anilines is 1. The van der Waals surface area contributed by atoms with Gasteiger partial charge < -0.3 is 38.1 Å². The van der Waals surface area contributed by atoms with Gasteiger partial charge in [0.25, 0.3) is 0 Å². The Hall–Kier alpha value is -4.74. The summed E-state index contributed by atoms with van der Waals surface area (Å²) in [6.45, 7) is 9.34. The number of halogens is 2. The monoisotopic (exact) mass is 1020 g/mol. The van der Waals surface area contributed by atoms with Gasteiger partial charge in [0.15, 0.2) is 0 Å². The number of esters is 1. The summed E-state index contributed by atoms with van der Waals surface area (Å²) in [6, 6.07) is 26.2. The van der Waals surface area contributed by atoms with E-state index in [1.54, 1.807) is 27.2 Å². The molecular formula is C55H69ClFN3O10S. The number of nitrogens with zero attached hydrogens (tertiary/aromatic N) is 3. The normalized spacial score (nSPS) is 22.0. The smallest absolute Gasteiger partial charge is 0.337 e. The molecule has 384 valence electrons. The van der Waals surface area contributed by atoms with Crippen molar-refractivity contribution in [3.05, 3.63) is 130 Å². The minimum Gasteiger partial charge on any atom is -0.497 e. The zero-order chi connectivity index (χ0) is 50.1. The van der Waals surface area contributed by atoms with Gasteiger partial charge in [0, 0.05) is 68.8 Å². The van der Waals surface area contributed by atoms with Crippen molar-refractivity contribution in [1.82, 2.24) is 9.21 Å². The Kier molecular flexibility index (Phi) is 17.7. The highest BCUT2D eigenvalue weighted by Crippen LogP contribution is 2.46. The van der Waals surface area contributed by atoms with E-state index in [-0.39, 0.29) is 37.5 Å². The number of sulfonamides is 1. The third-order valence-electron chi connectivity index (χ3n) is 14.9. The molecule has 13 nitrogen and oxygen atoms in total. The number of hydrogen-bond donors (Lipinski definition) is 0. The molecule has 0 bridgehead atoms. The first kappa shape index (κ1) is 52.6. The van der Waals surface area contributed by atoms with Crippen LogP contribution in [0, 0.1) is 11.8 Å². The van der Waals surface area contributed by atoms with Crippen LogP contribution in [0.1, 0.15) is 72.1 Å². The second kappa shape index (κ2) is 23.9. The molecule has 2 saturated heterocycles. The first-order valence-electron chi connectivity index (χ1n) is 24.8. The summed E-state index contributed by atoms with van der Waals surface area (Å²) in [5.74, 6) is 0.390. The number of ether oxygens (including phenoxy) is 7. The lowest BCUT2D eigenvalue weighted by Gasteiger charge is -2.42. The molecule has 4 aromatic carbocycles. The maximum Gasteiger partial charge on any atom is 0.337 e. The predicted octanol–water partition coefficient (Wildman–Crippen LogP) is 9.04. The number of fused-ring (bicyclic) bond motifs is 3. The maximum absolute atomic E-state index is 17.3. The summed E-state index contributed by atoms with van der Waals surface area (Å²) in [6.07, 6.45) is 3.33. The van der Waals surface area contributed by atoms with Crippen LogP contribution in [0.25, 0.3) is 0 Å². The summed E-state index contributed by atoms with van der Waals surface area (Å²) in [5.41, 5.74) is 4.79. The van der Waals surface area contributed by atoms with E-state index >= 15 is 4.39 Å². The summed E-state index contributed by atoms with van der Waals surface area (Å²) < 4.78 is 89.4. The van der Waals surface area contributed by atoms with Gasteiger partial charge in [0.05, 0.1) is 70.4 Å². The highest BCUT2D eigenvalue weighted by molar-refractivity contribution is 7.89. The number of rotatable bonds is 20. The van der Waals surface area contributed by atoms with Crippen LogP contribution in [0.3, 0.4) is 0 Å². The van der Waals surface area contributed by atoms with Crippen molar-refractivity contribution in [1.29, 1.82) is 0 Å². The fourth-order valence-electron chi connectivity index (χ4n) is 10.5. The van der Waals surface area contributed by atoms with Gasteiger partial charge >= 0.3 is 5.97 Å². The van der Waals surface area contributed by atoms with Crippen molar-refractivity contribution >= 4 is 33.3 Å². The topological polar surface area (TPSA) is 126 Å². The first-order valence-corrected chi connectivity index (χ1v) is 26.7. The molecule has 16 heteroatoms. The summed E-state index contributed by atoms with van der Waals surface area (Å²) in [5, 5.41) is -0.173. The van der Waals surface area contributed by atoms with E-state index < -0.39 is 45.2 Å². The van der Waals surface area contributed by atoms with Crippen molar-refractivity contribution in [2.45, 2.75) is 81.9 Å². The van der Waals surface area contributed by atoms with E-state index in [0.717, 1.165) is 49.2 Å². The molecule has 6 atom stereocenters. The Morgan fingerprint density at radius 1 is 0.930 bits per heavy atom. The number of methoxy groups -OCH3 is 3. The van der Waals surface area contributed by atoms with Gasteiger partial charge in [-0.3, -0.25) is 4.90 Å². The van der Waals surface area contributed by atoms with Crippen LogP contribution in [0.2, 0.25) is 5.02 Å². The molecule has 0 N–H and O–H groups in total. The highest BCUT2D eigenvalue weighted by atomic mass is 35.5. The van der Waals surface area contributed by atoms with E-state index in [1.165, 1.54) is 28.6 Å². The molecule has 0 aromatic heterocycles. The predicted molar refractivity (Wildman–Crippen MR) is 273 cm³/mol. The third kappa shape index (κ3) is 12.5. The van der Waals surface area contributed by atoms with Gasteiger partial charge in [-0.05, 0) is 128 Å². The Morgan fingerprint density at radius 3 is 2.28 bits per heavy atom. The third-order valence-corrected chi connectivity index (χ3v) is 17.5. The molecule has 1 unspecified atom stereocenters. The molecule has 2 fully saturated rings.